The first-order valence-electron chi connectivity index (χ1n) is 5.77. The fourth-order valence-corrected chi connectivity index (χ4v) is 1.95. The Balaban J connectivity index is 1.95. The van der Waals surface area contributed by atoms with Crippen LogP contribution in [0.25, 0.3) is 11.3 Å². The molecule has 5 heteroatoms. The molecule has 1 aliphatic heterocycles. The lowest BCUT2D eigenvalue weighted by atomic mass is 10.0. The Kier molecular flexibility index (Phi) is 2.72. The first-order chi connectivity index (χ1) is 9.26. The highest BCUT2D eigenvalue weighted by molar-refractivity contribution is 6.13. The summed E-state index contributed by atoms with van der Waals surface area (Å²) in [6.45, 7) is 0. The second-order valence-electron chi connectivity index (χ2n) is 4.17. The summed E-state index contributed by atoms with van der Waals surface area (Å²) >= 11 is 0. The molecule has 5 nitrogen and oxygen atoms in total. The van der Waals surface area contributed by atoms with Crippen molar-refractivity contribution in [1.82, 2.24) is 5.43 Å². The summed E-state index contributed by atoms with van der Waals surface area (Å²) in [5.41, 5.74) is 4.82. The van der Waals surface area contributed by atoms with E-state index >= 15 is 0 Å². The molecule has 0 fully saturated rings. The Morgan fingerprint density at radius 1 is 1.21 bits per heavy atom. The van der Waals surface area contributed by atoms with E-state index in [4.69, 9.17) is 4.42 Å². The molecule has 1 aromatic heterocycles. The Morgan fingerprint density at radius 2 is 2.05 bits per heavy atom. The third kappa shape index (κ3) is 2.18. The number of rotatable bonds is 3. The fraction of sp³-hybridized carbons (Fsp3) is 0.0714. The van der Waals surface area contributed by atoms with Crippen molar-refractivity contribution in [3.05, 3.63) is 47.7 Å². The number of hydrazone groups is 1. The van der Waals surface area contributed by atoms with E-state index in [1.54, 1.807) is 12.1 Å². The van der Waals surface area contributed by atoms with Gasteiger partial charge in [0.25, 0.3) is 0 Å². The number of hydrogen-bond donors (Lipinski definition) is 1. The summed E-state index contributed by atoms with van der Waals surface area (Å²) in [4.78, 5) is 21.7. The van der Waals surface area contributed by atoms with Gasteiger partial charge in [0.05, 0.1) is 12.1 Å². The SMILES string of the molecule is O=Cc1ccc(-c2cccc(C3=NNC(=O)C3)c2)o1. The number of benzene rings is 1. The van der Waals surface area contributed by atoms with Gasteiger partial charge in [0, 0.05) is 5.56 Å². The van der Waals surface area contributed by atoms with Crippen molar-refractivity contribution >= 4 is 17.9 Å². The fourth-order valence-electron chi connectivity index (χ4n) is 1.95. The average molecular weight is 254 g/mol. The molecule has 1 aromatic carbocycles. The molecule has 0 bridgehead atoms. The van der Waals surface area contributed by atoms with Crippen molar-refractivity contribution in [3.63, 3.8) is 0 Å². The van der Waals surface area contributed by atoms with Crippen LogP contribution in [0.1, 0.15) is 22.5 Å². The van der Waals surface area contributed by atoms with Gasteiger partial charge in [0.1, 0.15) is 5.76 Å². The Labute approximate surface area is 108 Å². The van der Waals surface area contributed by atoms with Gasteiger partial charge < -0.3 is 4.42 Å². The summed E-state index contributed by atoms with van der Waals surface area (Å²) in [5, 5.41) is 3.97. The van der Waals surface area contributed by atoms with E-state index in [2.05, 4.69) is 10.5 Å². The zero-order valence-corrected chi connectivity index (χ0v) is 9.92. The van der Waals surface area contributed by atoms with Gasteiger partial charge in [-0.3, -0.25) is 9.59 Å². The molecule has 1 amide bonds. The summed E-state index contributed by atoms with van der Waals surface area (Å²) < 4.78 is 5.37. The van der Waals surface area contributed by atoms with Gasteiger partial charge in [0.15, 0.2) is 12.0 Å². The maximum Gasteiger partial charge on any atom is 0.246 e. The zero-order chi connectivity index (χ0) is 13.2. The maximum atomic E-state index is 11.1. The van der Waals surface area contributed by atoms with Gasteiger partial charge >= 0.3 is 0 Å². The van der Waals surface area contributed by atoms with E-state index < -0.39 is 0 Å². The zero-order valence-electron chi connectivity index (χ0n) is 9.92. The minimum absolute atomic E-state index is 0.110. The van der Waals surface area contributed by atoms with Crippen molar-refractivity contribution in [3.8, 4) is 11.3 Å². The molecular formula is C14H10N2O3. The summed E-state index contributed by atoms with van der Waals surface area (Å²) in [6, 6.07) is 10.9. The number of nitrogens with zero attached hydrogens (tertiary/aromatic N) is 1. The molecular weight excluding hydrogens is 244 g/mol. The smallest absolute Gasteiger partial charge is 0.246 e. The molecule has 0 spiro atoms. The second kappa shape index (κ2) is 4.53. The number of furan rings is 1. The number of hydrogen-bond acceptors (Lipinski definition) is 4. The van der Waals surface area contributed by atoms with Crippen molar-refractivity contribution in [2.75, 3.05) is 0 Å². The number of carbonyl (C=O) groups excluding carboxylic acids is 2. The van der Waals surface area contributed by atoms with Crippen LogP contribution in [0.15, 0.2) is 45.9 Å². The van der Waals surface area contributed by atoms with E-state index in [9.17, 15) is 9.59 Å². The number of carbonyl (C=O) groups is 2. The van der Waals surface area contributed by atoms with Crippen LogP contribution in [0.4, 0.5) is 0 Å². The number of nitrogens with one attached hydrogen (secondary N) is 1. The lowest BCUT2D eigenvalue weighted by Gasteiger charge is -2.01. The van der Waals surface area contributed by atoms with Crippen LogP contribution in [0.2, 0.25) is 0 Å². The van der Waals surface area contributed by atoms with Crippen molar-refractivity contribution in [1.29, 1.82) is 0 Å². The second-order valence-corrected chi connectivity index (χ2v) is 4.17. The quantitative estimate of drug-likeness (QED) is 0.851. The van der Waals surface area contributed by atoms with Gasteiger partial charge in [-0.05, 0) is 23.8 Å². The van der Waals surface area contributed by atoms with Crippen LogP contribution in [0.3, 0.4) is 0 Å². The predicted octanol–water partition coefficient (Wildman–Crippen LogP) is 1.98. The predicted molar refractivity (Wildman–Crippen MR) is 68.8 cm³/mol. The normalized spacial score (nSPS) is 14.1. The molecule has 0 saturated carbocycles. The minimum Gasteiger partial charge on any atom is -0.453 e. The van der Waals surface area contributed by atoms with Gasteiger partial charge in [-0.25, -0.2) is 5.43 Å². The lowest BCUT2D eigenvalue weighted by molar-refractivity contribution is -0.119. The summed E-state index contributed by atoms with van der Waals surface area (Å²) in [6.07, 6.45) is 0.943. The minimum atomic E-state index is -0.110. The first kappa shape index (κ1) is 11.4. The van der Waals surface area contributed by atoms with Crippen molar-refractivity contribution in [2.45, 2.75) is 6.42 Å². The van der Waals surface area contributed by atoms with Crippen molar-refractivity contribution in [2.24, 2.45) is 5.10 Å². The van der Waals surface area contributed by atoms with E-state index in [-0.39, 0.29) is 18.1 Å². The molecule has 0 unspecified atom stereocenters. The van der Waals surface area contributed by atoms with E-state index in [0.717, 1.165) is 11.1 Å². The van der Waals surface area contributed by atoms with Crippen molar-refractivity contribution < 1.29 is 14.0 Å². The first-order valence-corrected chi connectivity index (χ1v) is 5.77. The van der Waals surface area contributed by atoms with E-state index in [1.165, 1.54) is 0 Å². The largest absolute Gasteiger partial charge is 0.453 e. The third-order valence-electron chi connectivity index (χ3n) is 2.87. The van der Waals surface area contributed by atoms with Crippen LogP contribution >= 0.6 is 0 Å². The molecule has 19 heavy (non-hydrogen) atoms. The van der Waals surface area contributed by atoms with Crippen LogP contribution < -0.4 is 5.43 Å². The molecule has 2 aromatic rings. The number of aldehydes is 1. The van der Waals surface area contributed by atoms with Crippen LogP contribution in [-0.4, -0.2) is 17.9 Å². The monoisotopic (exact) mass is 254 g/mol. The topological polar surface area (TPSA) is 71.7 Å². The third-order valence-corrected chi connectivity index (χ3v) is 2.87. The summed E-state index contributed by atoms with van der Waals surface area (Å²) in [5.74, 6) is 0.791. The molecule has 1 aliphatic rings. The lowest BCUT2D eigenvalue weighted by Crippen LogP contribution is -2.09. The highest BCUT2D eigenvalue weighted by atomic mass is 16.3. The van der Waals surface area contributed by atoms with Gasteiger partial charge in [-0.15, -0.1) is 0 Å². The summed E-state index contributed by atoms with van der Waals surface area (Å²) in [7, 11) is 0. The highest BCUT2D eigenvalue weighted by Crippen LogP contribution is 2.23. The highest BCUT2D eigenvalue weighted by Gasteiger charge is 2.16. The molecule has 0 saturated heterocycles. The molecule has 3 rings (SSSR count). The van der Waals surface area contributed by atoms with Crippen LogP contribution in [0, 0.1) is 0 Å². The van der Waals surface area contributed by atoms with Gasteiger partial charge in [0.2, 0.25) is 5.91 Å². The number of amides is 1. The molecule has 0 aliphatic carbocycles. The standard InChI is InChI=1S/C14H10N2O3/c17-8-11-4-5-13(19-11)10-3-1-2-9(6-10)12-7-14(18)16-15-12/h1-6,8H,7H2,(H,16,18). The Morgan fingerprint density at radius 3 is 2.74 bits per heavy atom. The maximum absolute atomic E-state index is 11.1. The van der Waals surface area contributed by atoms with Crippen LogP contribution in [-0.2, 0) is 4.79 Å². The average Bonchev–Trinajstić information content (AvgIpc) is 3.07. The molecule has 0 radical (unpaired) electrons. The Bertz CT molecular complexity index is 686. The van der Waals surface area contributed by atoms with Gasteiger partial charge in [-0.1, -0.05) is 18.2 Å². The van der Waals surface area contributed by atoms with E-state index in [1.807, 2.05) is 24.3 Å². The Hall–Kier alpha value is -2.69. The molecule has 2 heterocycles. The van der Waals surface area contributed by atoms with E-state index in [0.29, 0.717) is 17.8 Å². The van der Waals surface area contributed by atoms with Gasteiger partial charge in [-0.2, -0.15) is 5.10 Å². The molecule has 0 atom stereocenters. The molecule has 94 valence electrons. The van der Waals surface area contributed by atoms with Crippen LogP contribution in [0.5, 0.6) is 0 Å². The molecule has 1 N–H and O–H groups in total.